The first-order valence-corrected chi connectivity index (χ1v) is 9.28. The third kappa shape index (κ3) is 5.83. The fourth-order valence-electron chi connectivity index (χ4n) is 3.03. The molecule has 0 heterocycles. The first-order valence-electron chi connectivity index (χ1n) is 9.28. The van der Waals surface area contributed by atoms with Crippen LogP contribution in [-0.2, 0) is 9.53 Å². The van der Waals surface area contributed by atoms with Crippen LogP contribution in [0, 0.1) is 0 Å². The zero-order valence-electron chi connectivity index (χ0n) is 16.7. The summed E-state index contributed by atoms with van der Waals surface area (Å²) in [5.74, 6) is 0.696. The van der Waals surface area contributed by atoms with Crippen molar-refractivity contribution in [3.63, 3.8) is 0 Å². The molecule has 1 rings (SSSR count). The van der Waals surface area contributed by atoms with Crippen molar-refractivity contribution in [1.82, 2.24) is 0 Å². The molecule has 0 fully saturated rings. The van der Waals surface area contributed by atoms with Gasteiger partial charge in [0, 0.05) is 38.2 Å². The standard InChI is InChI=1S/C20H34N2O3/c1-7-16(4)22(9-3)18-13-12-17(24-5)15-19(18)21(8-2)14-10-11-20(23)25-6/h12-13,15-16H,7-11,14H2,1-6H3. The van der Waals surface area contributed by atoms with E-state index in [9.17, 15) is 4.79 Å². The van der Waals surface area contributed by atoms with Gasteiger partial charge in [0.15, 0.2) is 0 Å². The SMILES string of the molecule is CCC(C)N(CC)c1ccc(OC)cc1N(CC)CCCC(=O)OC. The Morgan fingerprint density at radius 3 is 2.36 bits per heavy atom. The number of carbonyl (C=O) groups excluding carboxylic acids is 1. The molecule has 1 aromatic carbocycles. The van der Waals surface area contributed by atoms with Gasteiger partial charge in [0.1, 0.15) is 5.75 Å². The molecule has 0 aliphatic heterocycles. The number of anilines is 2. The maximum absolute atomic E-state index is 11.4. The Labute approximate surface area is 152 Å². The topological polar surface area (TPSA) is 42.0 Å². The number of carbonyl (C=O) groups is 1. The minimum absolute atomic E-state index is 0.156. The van der Waals surface area contributed by atoms with Gasteiger partial charge < -0.3 is 19.3 Å². The lowest BCUT2D eigenvalue weighted by Crippen LogP contribution is -2.35. The van der Waals surface area contributed by atoms with E-state index in [2.05, 4.69) is 49.6 Å². The highest BCUT2D eigenvalue weighted by molar-refractivity contribution is 5.74. The number of nitrogens with zero attached hydrogens (tertiary/aromatic N) is 2. The van der Waals surface area contributed by atoms with E-state index in [-0.39, 0.29) is 5.97 Å². The van der Waals surface area contributed by atoms with Gasteiger partial charge in [-0.2, -0.15) is 0 Å². The number of hydrogen-bond acceptors (Lipinski definition) is 5. The van der Waals surface area contributed by atoms with Crippen molar-refractivity contribution in [2.45, 2.75) is 53.0 Å². The normalized spacial score (nSPS) is 11.8. The average Bonchev–Trinajstić information content (AvgIpc) is 2.65. The van der Waals surface area contributed by atoms with Gasteiger partial charge in [-0.05, 0) is 45.7 Å². The Hall–Kier alpha value is -1.91. The molecule has 0 aromatic heterocycles. The Morgan fingerprint density at radius 2 is 1.84 bits per heavy atom. The van der Waals surface area contributed by atoms with Crippen LogP contribution in [0.5, 0.6) is 5.75 Å². The molecule has 0 spiro atoms. The Kier molecular flexibility index (Phi) is 9.17. The fourth-order valence-corrected chi connectivity index (χ4v) is 3.03. The first kappa shape index (κ1) is 21.1. The molecule has 0 aliphatic rings. The second-order valence-electron chi connectivity index (χ2n) is 6.16. The van der Waals surface area contributed by atoms with E-state index < -0.39 is 0 Å². The predicted molar refractivity (Wildman–Crippen MR) is 105 cm³/mol. The van der Waals surface area contributed by atoms with Gasteiger partial charge in [-0.1, -0.05) is 6.92 Å². The lowest BCUT2D eigenvalue weighted by atomic mass is 10.1. The summed E-state index contributed by atoms with van der Waals surface area (Å²) in [7, 11) is 3.13. The van der Waals surface area contributed by atoms with E-state index in [1.54, 1.807) is 7.11 Å². The summed E-state index contributed by atoms with van der Waals surface area (Å²) < 4.78 is 10.2. The summed E-state index contributed by atoms with van der Waals surface area (Å²) in [4.78, 5) is 16.1. The summed E-state index contributed by atoms with van der Waals surface area (Å²) in [5.41, 5.74) is 2.38. The highest BCUT2D eigenvalue weighted by Crippen LogP contribution is 2.35. The zero-order chi connectivity index (χ0) is 18.8. The molecule has 1 atom stereocenters. The third-order valence-corrected chi connectivity index (χ3v) is 4.71. The Bertz CT molecular complexity index is 534. The van der Waals surface area contributed by atoms with Crippen molar-refractivity contribution in [3.8, 4) is 5.75 Å². The van der Waals surface area contributed by atoms with Crippen LogP contribution in [0.3, 0.4) is 0 Å². The molecule has 0 saturated carbocycles. The van der Waals surface area contributed by atoms with Crippen molar-refractivity contribution >= 4 is 17.3 Å². The summed E-state index contributed by atoms with van der Waals surface area (Å²) in [6, 6.07) is 6.73. The van der Waals surface area contributed by atoms with Crippen molar-refractivity contribution in [2.24, 2.45) is 0 Å². The van der Waals surface area contributed by atoms with E-state index >= 15 is 0 Å². The molecular formula is C20H34N2O3. The van der Waals surface area contributed by atoms with Crippen LogP contribution >= 0.6 is 0 Å². The maximum Gasteiger partial charge on any atom is 0.305 e. The lowest BCUT2D eigenvalue weighted by molar-refractivity contribution is -0.140. The molecule has 0 radical (unpaired) electrons. The van der Waals surface area contributed by atoms with Crippen LogP contribution in [-0.4, -0.2) is 45.9 Å². The van der Waals surface area contributed by atoms with Crippen LogP contribution < -0.4 is 14.5 Å². The van der Waals surface area contributed by atoms with Gasteiger partial charge in [-0.25, -0.2) is 0 Å². The third-order valence-electron chi connectivity index (χ3n) is 4.71. The van der Waals surface area contributed by atoms with Gasteiger partial charge in [0.05, 0.1) is 25.6 Å². The Morgan fingerprint density at radius 1 is 1.12 bits per heavy atom. The number of hydrogen-bond donors (Lipinski definition) is 0. The van der Waals surface area contributed by atoms with Crippen molar-refractivity contribution in [3.05, 3.63) is 18.2 Å². The second kappa shape index (κ2) is 10.9. The molecule has 0 N–H and O–H groups in total. The molecule has 1 unspecified atom stereocenters. The molecular weight excluding hydrogens is 316 g/mol. The molecule has 5 heteroatoms. The monoisotopic (exact) mass is 350 g/mol. The second-order valence-corrected chi connectivity index (χ2v) is 6.16. The summed E-state index contributed by atoms with van der Waals surface area (Å²) in [6.07, 6.45) is 2.30. The smallest absolute Gasteiger partial charge is 0.305 e. The highest BCUT2D eigenvalue weighted by atomic mass is 16.5. The largest absolute Gasteiger partial charge is 0.497 e. The molecule has 0 aliphatic carbocycles. The van der Waals surface area contributed by atoms with Crippen molar-refractivity contribution in [2.75, 3.05) is 43.7 Å². The quantitative estimate of drug-likeness (QED) is 0.562. The molecule has 1 aromatic rings. The fraction of sp³-hybridized carbons (Fsp3) is 0.650. The minimum Gasteiger partial charge on any atom is -0.497 e. The van der Waals surface area contributed by atoms with Crippen LogP contribution in [0.1, 0.15) is 47.0 Å². The molecule has 25 heavy (non-hydrogen) atoms. The van der Waals surface area contributed by atoms with E-state index in [1.807, 2.05) is 6.07 Å². The number of ether oxygens (including phenoxy) is 2. The highest BCUT2D eigenvalue weighted by Gasteiger charge is 2.19. The van der Waals surface area contributed by atoms with E-state index in [4.69, 9.17) is 9.47 Å². The number of methoxy groups -OCH3 is 2. The van der Waals surface area contributed by atoms with Crippen molar-refractivity contribution in [1.29, 1.82) is 0 Å². The average molecular weight is 351 g/mol. The van der Waals surface area contributed by atoms with Gasteiger partial charge in [0.25, 0.3) is 0 Å². The summed E-state index contributed by atoms with van der Waals surface area (Å²) in [6.45, 7) is 11.4. The number of benzene rings is 1. The first-order chi connectivity index (χ1) is 12.0. The summed E-state index contributed by atoms with van der Waals surface area (Å²) in [5, 5.41) is 0. The van der Waals surface area contributed by atoms with Gasteiger partial charge in [-0.15, -0.1) is 0 Å². The van der Waals surface area contributed by atoms with E-state index in [1.165, 1.54) is 12.8 Å². The van der Waals surface area contributed by atoms with Crippen molar-refractivity contribution < 1.29 is 14.3 Å². The van der Waals surface area contributed by atoms with Crippen LogP contribution in [0.4, 0.5) is 11.4 Å². The summed E-state index contributed by atoms with van der Waals surface area (Å²) >= 11 is 0. The van der Waals surface area contributed by atoms with Gasteiger partial charge >= 0.3 is 5.97 Å². The number of rotatable bonds is 11. The molecule has 0 amide bonds. The molecule has 142 valence electrons. The molecule has 0 bridgehead atoms. The van der Waals surface area contributed by atoms with E-state index in [0.717, 1.165) is 43.9 Å². The molecule has 5 nitrogen and oxygen atoms in total. The maximum atomic E-state index is 11.4. The predicted octanol–water partition coefficient (Wildman–Crippen LogP) is 4.10. The lowest BCUT2D eigenvalue weighted by Gasteiger charge is -2.35. The zero-order valence-corrected chi connectivity index (χ0v) is 16.7. The van der Waals surface area contributed by atoms with E-state index in [0.29, 0.717) is 12.5 Å². The van der Waals surface area contributed by atoms with Crippen LogP contribution in [0.2, 0.25) is 0 Å². The van der Waals surface area contributed by atoms with Crippen LogP contribution in [0.15, 0.2) is 18.2 Å². The number of esters is 1. The van der Waals surface area contributed by atoms with Gasteiger partial charge in [-0.3, -0.25) is 4.79 Å². The van der Waals surface area contributed by atoms with Crippen LogP contribution in [0.25, 0.3) is 0 Å². The minimum atomic E-state index is -0.156. The van der Waals surface area contributed by atoms with Gasteiger partial charge in [0.2, 0.25) is 0 Å². The Balaban J connectivity index is 3.12. The molecule has 0 saturated heterocycles.